The Morgan fingerprint density at radius 2 is 1.85 bits per heavy atom. The van der Waals surface area contributed by atoms with Gasteiger partial charge in [-0.3, -0.25) is 0 Å². The second kappa shape index (κ2) is 6.82. The number of aromatic nitrogens is 2. The van der Waals surface area contributed by atoms with E-state index in [1.165, 1.54) is 52.8 Å². The number of rotatable bonds is 4. The maximum atomic E-state index is 2.59. The SMILES string of the molecule is Cc1cc(C(C)C)ccc1-c1n(C)c2ccc(CC(C)C)c3c2[n+]1CCC3. The Morgan fingerprint density at radius 1 is 1.07 bits per heavy atom. The normalized spacial score (nSPS) is 13.9. The van der Waals surface area contributed by atoms with Crippen molar-refractivity contribution < 1.29 is 4.57 Å². The Bertz CT molecular complexity index is 1010. The van der Waals surface area contributed by atoms with E-state index in [1.807, 2.05) is 0 Å². The summed E-state index contributed by atoms with van der Waals surface area (Å²) in [7, 11) is 2.24. The molecule has 0 bridgehead atoms. The molecule has 1 aliphatic heterocycles. The van der Waals surface area contributed by atoms with Gasteiger partial charge in [-0.15, -0.1) is 0 Å². The molecule has 4 rings (SSSR count). The van der Waals surface area contributed by atoms with Crippen molar-refractivity contribution in [1.29, 1.82) is 0 Å². The molecule has 0 fully saturated rings. The summed E-state index contributed by atoms with van der Waals surface area (Å²) in [5, 5.41) is 0. The third-order valence-electron chi connectivity index (χ3n) is 6.16. The molecule has 2 heterocycles. The molecule has 1 aliphatic rings. The first-order valence-electron chi connectivity index (χ1n) is 10.5. The van der Waals surface area contributed by atoms with Crippen LogP contribution >= 0.6 is 0 Å². The lowest BCUT2D eigenvalue weighted by atomic mass is 9.92. The Kier molecular flexibility index (Phi) is 4.61. The van der Waals surface area contributed by atoms with Crippen molar-refractivity contribution in [3.63, 3.8) is 0 Å². The highest BCUT2D eigenvalue weighted by Crippen LogP contribution is 2.32. The molecule has 0 atom stereocenters. The molecule has 0 N–H and O–H groups in total. The van der Waals surface area contributed by atoms with Crippen molar-refractivity contribution >= 4 is 11.0 Å². The van der Waals surface area contributed by atoms with Gasteiger partial charge < -0.3 is 0 Å². The van der Waals surface area contributed by atoms with Crippen LogP contribution in [0.2, 0.25) is 0 Å². The lowest BCUT2D eigenvalue weighted by Crippen LogP contribution is -2.39. The molecule has 0 unspecified atom stereocenters. The van der Waals surface area contributed by atoms with Crippen LogP contribution in [0.5, 0.6) is 0 Å². The molecule has 1 aromatic heterocycles. The molecule has 0 saturated heterocycles. The second-order valence-corrected chi connectivity index (χ2v) is 9.04. The van der Waals surface area contributed by atoms with E-state index < -0.39 is 0 Å². The number of benzene rings is 2. The van der Waals surface area contributed by atoms with Crippen molar-refractivity contribution in [3.05, 3.63) is 52.6 Å². The van der Waals surface area contributed by atoms with Crippen molar-refractivity contribution in [2.45, 2.75) is 66.3 Å². The van der Waals surface area contributed by atoms with Crippen LogP contribution in [0.25, 0.3) is 22.4 Å². The van der Waals surface area contributed by atoms with Crippen molar-refractivity contribution in [3.8, 4) is 11.4 Å². The predicted octanol–water partition coefficient (Wildman–Crippen LogP) is 5.71. The van der Waals surface area contributed by atoms with Gasteiger partial charge in [0.25, 0.3) is 5.82 Å². The van der Waals surface area contributed by atoms with Gasteiger partial charge in [-0.05, 0) is 66.8 Å². The summed E-state index contributed by atoms with van der Waals surface area (Å²) in [4.78, 5) is 0. The predicted molar refractivity (Wildman–Crippen MR) is 114 cm³/mol. The van der Waals surface area contributed by atoms with E-state index in [1.54, 1.807) is 11.1 Å². The highest BCUT2D eigenvalue weighted by atomic mass is 15.2. The summed E-state index contributed by atoms with van der Waals surface area (Å²) in [6.07, 6.45) is 3.63. The van der Waals surface area contributed by atoms with E-state index in [9.17, 15) is 0 Å². The van der Waals surface area contributed by atoms with Gasteiger partial charge in [-0.25, -0.2) is 9.13 Å². The zero-order chi connectivity index (χ0) is 19.3. The van der Waals surface area contributed by atoms with Gasteiger partial charge in [0.05, 0.1) is 19.2 Å². The number of hydrogen-bond donors (Lipinski definition) is 0. The van der Waals surface area contributed by atoms with Gasteiger partial charge in [-0.1, -0.05) is 45.9 Å². The fourth-order valence-electron chi connectivity index (χ4n) is 4.80. The van der Waals surface area contributed by atoms with Crippen molar-refractivity contribution in [2.24, 2.45) is 13.0 Å². The fourth-order valence-corrected chi connectivity index (χ4v) is 4.80. The molecular formula is C25H33N2+. The van der Waals surface area contributed by atoms with Crippen LogP contribution in [-0.2, 0) is 26.4 Å². The fraction of sp³-hybridized carbons (Fsp3) is 0.480. The molecule has 2 heteroatoms. The number of hydrogen-bond acceptors (Lipinski definition) is 0. The van der Waals surface area contributed by atoms with E-state index in [2.05, 4.69) is 81.1 Å². The zero-order valence-corrected chi connectivity index (χ0v) is 17.8. The van der Waals surface area contributed by atoms with Crippen LogP contribution in [0.3, 0.4) is 0 Å². The first-order valence-corrected chi connectivity index (χ1v) is 10.5. The average molecular weight is 362 g/mol. The standard InChI is InChI=1S/C25H33N2/c1-16(2)14-20-10-12-23-24-22(20)8-7-13-27(24)25(26(23)6)21-11-9-19(17(3)4)15-18(21)5/h9-12,15-17H,7-8,13-14H2,1-6H3/q+1. The lowest BCUT2D eigenvalue weighted by Gasteiger charge is -2.16. The summed E-state index contributed by atoms with van der Waals surface area (Å²) < 4.78 is 5.01. The average Bonchev–Trinajstić information content (AvgIpc) is 2.90. The van der Waals surface area contributed by atoms with E-state index in [-0.39, 0.29) is 0 Å². The third-order valence-corrected chi connectivity index (χ3v) is 6.16. The Morgan fingerprint density at radius 3 is 2.52 bits per heavy atom. The number of nitrogens with zero attached hydrogens (tertiary/aromatic N) is 2. The molecule has 142 valence electrons. The summed E-state index contributed by atoms with van der Waals surface area (Å²) >= 11 is 0. The minimum atomic E-state index is 0.571. The lowest BCUT2D eigenvalue weighted by molar-refractivity contribution is -0.664. The molecule has 0 radical (unpaired) electrons. The largest absolute Gasteiger partial charge is 0.289 e. The smallest absolute Gasteiger partial charge is 0.226 e. The maximum Gasteiger partial charge on any atom is 0.289 e. The summed E-state index contributed by atoms with van der Waals surface area (Å²) in [5.41, 5.74) is 10.2. The topological polar surface area (TPSA) is 8.81 Å². The van der Waals surface area contributed by atoms with Crippen LogP contribution in [0.15, 0.2) is 30.3 Å². The maximum absolute atomic E-state index is 2.59. The minimum Gasteiger partial charge on any atom is -0.226 e. The Balaban J connectivity index is 1.96. The molecule has 0 saturated carbocycles. The van der Waals surface area contributed by atoms with Crippen LogP contribution in [0.4, 0.5) is 0 Å². The second-order valence-electron chi connectivity index (χ2n) is 9.04. The van der Waals surface area contributed by atoms with Gasteiger partial charge in [-0.2, -0.15) is 0 Å². The van der Waals surface area contributed by atoms with E-state index in [0.29, 0.717) is 11.8 Å². The van der Waals surface area contributed by atoms with E-state index >= 15 is 0 Å². The van der Waals surface area contributed by atoms with Crippen LogP contribution < -0.4 is 4.57 Å². The third kappa shape index (κ3) is 2.99. The van der Waals surface area contributed by atoms with E-state index in [0.717, 1.165) is 6.54 Å². The highest BCUT2D eigenvalue weighted by molar-refractivity contribution is 5.81. The highest BCUT2D eigenvalue weighted by Gasteiger charge is 2.31. The first kappa shape index (κ1) is 18.3. The van der Waals surface area contributed by atoms with Gasteiger partial charge in [0.2, 0.25) is 0 Å². The molecule has 27 heavy (non-hydrogen) atoms. The van der Waals surface area contributed by atoms with Gasteiger partial charge in [0.15, 0.2) is 11.0 Å². The summed E-state index contributed by atoms with van der Waals surface area (Å²) in [5.74, 6) is 2.63. The van der Waals surface area contributed by atoms with Gasteiger partial charge in [0.1, 0.15) is 0 Å². The number of imidazole rings is 1. The first-order chi connectivity index (χ1) is 12.9. The van der Waals surface area contributed by atoms with Crippen LogP contribution in [-0.4, -0.2) is 4.57 Å². The summed E-state index contributed by atoms with van der Waals surface area (Å²) in [6.45, 7) is 12.6. The van der Waals surface area contributed by atoms with Crippen molar-refractivity contribution in [1.82, 2.24) is 4.57 Å². The Hall–Kier alpha value is -2.09. The minimum absolute atomic E-state index is 0.571. The quantitative estimate of drug-likeness (QED) is 0.526. The molecule has 2 nitrogen and oxygen atoms in total. The number of aryl methyl sites for hydroxylation is 4. The molecule has 3 aromatic rings. The monoisotopic (exact) mass is 361 g/mol. The summed E-state index contributed by atoms with van der Waals surface area (Å²) in [6, 6.07) is 11.8. The van der Waals surface area contributed by atoms with Gasteiger partial charge in [0, 0.05) is 5.56 Å². The molecular weight excluding hydrogens is 328 g/mol. The van der Waals surface area contributed by atoms with Crippen molar-refractivity contribution in [2.75, 3.05) is 0 Å². The van der Waals surface area contributed by atoms with Crippen LogP contribution in [0, 0.1) is 12.8 Å². The molecule has 0 aliphatic carbocycles. The Labute approximate surface area is 163 Å². The molecule has 2 aromatic carbocycles. The molecule has 0 spiro atoms. The van der Waals surface area contributed by atoms with Gasteiger partial charge >= 0.3 is 0 Å². The zero-order valence-electron chi connectivity index (χ0n) is 17.8. The van der Waals surface area contributed by atoms with Crippen LogP contribution in [0.1, 0.15) is 62.3 Å². The molecule has 0 amide bonds. The van der Waals surface area contributed by atoms with E-state index in [4.69, 9.17) is 0 Å².